The van der Waals surface area contributed by atoms with Crippen molar-refractivity contribution in [3.63, 3.8) is 0 Å². The van der Waals surface area contributed by atoms with Crippen LogP contribution in [0.3, 0.4) is 0 Å². The predicted octanol–water partition coefficient (Wildman–Crippen LogP) is 14.4. The first kappa shape index (κ1) is 33.2. The molecule has 0 saturated heterocycles. The molecule has 0 N–H and O–H groups in total. The SMILES string of the molecule is C1=CC(c2nc3ccccc3nc2-n2c3ccc(-n4c5ccccc5c5c6ccccc6ccc54)cc3c3c4ccccc4ccc32)CC(c2cccc3ccccc23)=C1. The maximum absolute atomic E-state index is 5.55. The zero-order valence-corrected chi connectivity index (χ0v) is 32.6. The Hall–Kier alpha value is -7.82. The number of fused-ring (bicyclic) bond motifs is 12. The molecule has 280 valence electrons. The number of allylic oxidation sites excluding steroid dienone is 4. The fraction of sp³-hybridized carbons (Fsp3) is 0.0357. The standard InChI is InChI=1S/C56H36N4/c1-4-19-41-35(13-1)16-12-23-42(41)38-17-11-18-39(33-38)55-56(58-48-25-9-8-24-47(48)57-55)60-50-32-29-40(34-46(50)54-44-21-6-3-15-37(44)28-31-52(54)60)59-49-26-10-7-22-45(49)53-43-20-5-2-14-36(43)27-30-51(53)59/h1-32,34,39H,33H2. The van der Waals surface area contributed by atoms with Crippen LogP contribution in [0, 0.1) is 0 Å². The Bertz CT molecular complexity index is 3820. The molecule has 4 nitrogen and oxygen atoms in total. The van der Waals surface area contributed by atoms with E-state index in [1.54, 1.807) is 0 Å². The molecule has 60 heavy (non-hydrogen) atoms. The summed E-state index contributed by atoms with van der Waals surface area (Å²) in [4.78, 5) is 11.1. The number of rotatable bonds is 4. The molecule has 0 radical (unpaired) electrons. The Morgan fingerprint density at radius 1 is 0.433 bits per heavy atom. The molecule has 0 amide bonds. The number of nitrogens with zero attached hydrogens (tertiary/aromatic N) is 4. The first-order valence-corrected chi connectivity index (χ1v) is 20.8. The third kappa shape index (κ3) is 4.85. The van der Waals surface area contributed by atoms with Crippen molar-refractivity contribution in [1.29, 1.82) is 0 Å². The Morgan fingerprint density at radius 3 is 1.77 bits per heavy atom. The van der Waals surface area contributed by atoms with Gasteiger partial charge in [0.1, 0.15) is 0 Å². The monoisotopic (exact) mass is 764 g/mol. The van der Waals surface area contributed by atoms with Gasteiger partial charge in [-0.15, -0.1) is 0 Å². The second kappa shape index (κ2) is 12.8. The predicted molar refractivity (Wildman–Crippen MR) is 252 cm³/mol. The normalized spacial score (nSPS) is 14.5. The molecule has 4 heteroatoms. The van der Waals surface area contributed by atoms with Crippen LogP contribution in [-0.2, 0) is 0 Å². The van der Waals surface area contributed by atoms with E-state index in [9.17, 15) is 0 Å². The smallest absolute Gasteiger partial charge is 0.160 e. The average molecular weight is 765 g/mol. The van der Waals surface area contributed by atoms with E-state index < -0.39 is 0 Å². The van der Waals surface area contributed by atoms with Crippen molar-refractivity contribution in [3.05, 3.63) is 211 Å². The largest absolute Gasteiger partial charge is 0.309 e. The maximum Gasteiger partial charge on any atom is 0.160 e. The molecule has 3 aromatic heterocycles. The van der Waals surface area contributed by atoms with Crippen molar-refractivity contribution >= 4 is 92.5 Å². The van der Waals surface area contributed by atoms with E-state index in [2.05, 4.69) is 209 Å². The van der Waals surface area contributed by atoms with Crippen molar-refractivity contribution in [3.8, 4) is 11.5 Å². The van der Waals surface area contributed by atoms with Crippen molar-refractivity contribution in [2.75, 3.05) is 0 Å². The van der Waals surface area contributed by atoms with Gasteiger partial charge in [0.2, 0.25) is 0 Å². The summed E-state index contributed by atoms with van der Waals surface area (Å²) < 4.78 is 4.83. The lowest BCUT2D eigenvalue weighted by atomic mass is 9.86. The molecule has 13 rings (SSSR count). The van der Waals surface area contributed by atoms with Crippen molar-refractivity contribution in [1.82, 2.24) is 19.1 Å². The molecule has 0 spiro atoms. The Kier molecular flexibility index (Phi) is 7.10. The second-order valence-corrected chi connectivity index (χ2v) is 16.1. The second-order valence-electron chi connectivity index (χ2n) is 16.1. The van der Waals surface area contributed by atoms with Crippen molar-refractivity contribution in [2.24, 2.45) is 0 Å². The number of aromatic nitrogens is 4. The van der Waals surface area contributed by atoms with Gasteiger partial charge < -0.3 is 4.57 Å². The van der Waals surface area contributed by atoms with Crippen LogP contribution >= 0.6 is 0 Å². The van der Waals surface area contributed by atoms with E-state index in [1.165, 1.54) is 76.0 Å². The Balaban J connectivity index is 1.07. The van der Waals surface area contributed by atoms with Gasteiger partial charge in [-0.3, -0.25) is 4.57 Å². The molecule has 1 atom stereocenters. The number of benzene rings is 9. The molecule has 1 unspecified atom stereocenters. The molecule has 9 aromatic carbocycles. The van der Waals surface area contributed by atoms with Crippen LogP contribution in [0.4, 0.5) is 0 Å². The van der Waals surface area contributed by atoms with Crippen LogP contribution in [0.25, 0.3) is 104 Å². The first-order chi connectivity index (χ1) is 29.8. The van der Waals surface area contributed by atoms with Crippen LogP contribution < -0.4 is 0 Å². The Morgan fingerprint density at radius 2 is 1.00 bits per heavy atom. The van der Waals surface area contributed by atoms with Crippen LogP contribution in [0.2, 0.25) is 0 Å². The van der Waals surface area contributed by atoms with Crippen LogP contribution in [0.5, 0.6) is 0 Å². The topological polar surface area (TPSA) is 35.6 Å². The number of hydrogen-bond acceptors (Lipinski definition) is 2. The molecule has 12 aromatic rings. The highest BCUT2D eigenvalue weighted by Crippen LogP contribution is 2.43. The summed E-state index contributed by atoms with van der Waals surface area (Å²) in [6.45, 7) is 0. The number of hydrogen-bond donors (Lipinski definition) is 0. The quantitative estimate of drug-likeness (QED) is 0.179. The van der Waals surface area contributed by atoms with E-state index >= 15 is 0 Å². The summed E-state index contributed by atoms with van der Waals surface area (Å²) in [7, 11) is 0. The van der Waals surface area contributed by atoms with E-state index in [4.69, 9.17) is 9.97 Å². The van der Waals surface area contributed by atoms with Crippen LogP contribution in [-0.4, -0.2) is 19.1 Å². The van der Waals surface area contributed by atoms with Gasteiger partial charge in [-0.05, 0) is 98.4 Å². The van der Waals surface area contributed by atoms with Gasteiger partial charge in [-0.2, -0.15) is 0 Å². The minimum atomic E-state index is 0.00994. The van der Waals surface area contributed by atoms with Crippen molar-refractivity contribution < 1.29 is 0 Å². The summed E-state index contributed by atoms with van der Waals surface area (Å²) in [5.74, 6) is 0.879. The summed E-state index contributed by atoms with van der Waals surface area (Å²) in [6.07, 6.45) is 7.62. The van der Waals surface area contributed by atoms with Gasteiger partial charge in [-0.1, -0.05) is 152 Å². The van der Waals surface area contributed by atoms with E-state index in [0.29, 0.717) is 0 Å². The van der Waals surface area contributed by atoms with E-state index in [-0.39, 0.29) is 5.92 Å². The first-order valence-electron chi connectivity index (χ1n) is 20.8. The molecule has 1 aliphatic rings. The summed E-state index contributed by atoms with van der Waals surface area (Å²) in [6, 6.07) is 66.0. The lowest BCUT2D eigenvalue weighted by molar-refractivity contribution is 0.811. The average Bonchev–Trinajstić information content (AvgIpc) is 3.84. The highest BCUT2D eigenvalue weighted by molar-refractivity contribution is 6.23. The van der Waals surface area contributed by atoms with Gasteiger partial charge in [0.15, 0.2) is 5.82 Å². The number of para-hydroxylation sites is 3. The van der Waals surface area contributed by atoms with Crippen LogP contribution in [0.1, 0.15) is 23.6 Å². The zero-order valence-electron chi connectivity index (χ0n) is 32.6. The molecule has 1 aliphatic carbocycles. The molecular formula is C56H36N4. The van der Waals surface area contributed by atoms with Crippen LogP contribution in [0.15, 0.2) is 200 Å². The fourth-order valence-electron chi connectivity index (χ4n) is 10.2. The van der Waals surface area contributed by atoms with E-state index in [0.717, 1.165) is 45.7 Å². The minimum absolute atomic E-state index is 0.00994. The third-order valence-electron chi connectivity index (χ3n) is 12.8. The summed E-state index contributed by atoms with van der Waals surface area (Å²) >= 11 is 0. The molecule has 0 bridgehead atoms. The zero-order chi connectivity index (χ0) is 39.3. The van der Waals surface area contributed by atoms with Gasteiger partial charge in [0.25, 0.3) is 0 Å². The Labute approximate surface area is 345 Å². The minimum Gasteiger partial charge on any atom is -0.309 e. The van der Waals surface area contributed by atoms with Crippen molar-refractivity contribution in [2.45, 2.75) is 12.3 Å². The lowest BCUT2D eigenvalue weighted by Crippen LogP contribution is -2.11. The van der Waals surface area contributed by atoms with E-state index in [1.807, 2.05) is 0 Å². The molecule has 0 fully saturated rings. The molecule has 0 saturated carbocycles. The highest BCUT2D eigenvalue weighted by Gasteiger charge is 2.26. The van der Waals surface area contributed by atoms with Gasteiger partial charge >= 0.3 is 0 Å². The van der Waals surface area contributed by atoms with Gasteiger partial charge in [-0.25, -0.2) is 9.97 Å². The maximum atomic E-state index is 5.55. The molecule has 3 heterocycles. The summed E-state index contributed by atoms with van der Waals surface area (Å²) in [5, 5.41) is 12.4. The van der Waals surface area contributed by atoms with Gasteiger partial charge in [0, 0.05) is 33.2 Å². The lowest BCUT2D eigenvalue weighted by Gasteiger charge is -2.23. The fourth-order valence-corrected chi connectivity index (χ4v) is 10.2. The molecule has 0 aliphatic heterocycles. The van der Waals surface area contributed by atoms with Gasteiger partial charge in [0.05, 0.1) is 38.8 Å². The summed E-state index contributed by atoms with van der Waals surface area (Å²) in [5.41, 5.74) is 11.1. The molecular weight excluding hydrogens is 729 g/mol. The highest BCUT2D eigenvalue weighted by atomic mass is 15.1. The third-order valence-corrected chi connectivity index (χ3v) is 12.8.